The largest absolute Gasteiger partial charge is 0.393 e. The van der Waals surface area contributed by atoms with E-state index in [1.54, 1.807) is 11.2 Å². The van der Waals surface area contributed by atoms with Crippen molar-refractivity contribution in [2.45, 2.75) is 45.4 Å². The van der Waals surface area contributed by atoms with E-state index in [9.17, 15) is 4.79 Å². The number of nitrogens with one attached hydrogen (secondary N) is 1. The molecule has 0 saturated heterocycles. The minimum absolute atomic E-state index is 0.00968. The van der Waals surface area contributed by atoms with Crippen molar-refractivity contribution < 1.29 is 9.63 Å². The maximum atomic E-state index is 12.5. The average molecular weight is 250 g/mol. The van der Waals surface area contributed by atoms with Gasteiger partial charge in [-0.2, -0.15) is 0 Å². The van der Waals surface area contributed by atoms with E-state index < -0.39 is 5.79 Å². The smallest absolute Gasteiger partial charge is 0.256 e. The molecule has 6 heteroatoms. The van der Waals surface area contributed by atoms with Gasteiger partial charge in [0.2, 0.25) is 5.79 Å². The van der Waals surface area contributed by atoms with Crippen molar-refractivity contribution in [3.8, 4) is 0 Å². The van der Waals surface area contributed by atoms with Gasteiger partial charge < -0.3 is 4.84 Å². The molecule has 3 aliphatic rings. The maximum absolute atomic E-state index is 12.5. The zero-order chi connectivity index (χ0) is 13.0. The zero-order valence-corrected chi connectivity index (χ0v) is 10.9. The van der Waals surface area contributed by atoms with E-state index in [0.717, 1.165) is 12.8 Å². The summed E-state index contributed by atoms with van der Waals surface area (Å²) in [6.07, 6.45) is 5.07. The molecule has 98 valence electrons. The summed E-state index contributed by atoms with van der Waals surface area (Å²) in [6, 6.07) is -0.342. The Labute approximate surface area is 106 Å². The molecule has 0 spiro atoms. The first kappa shape index (κ1) is 11.6. The fraction of sp³-hybridized carbons (Fsp3) is 0.750. The van der Waals surface area contributed by atoms with Crippen LogP contribution in [0.3, 0.4) is 0 Å². The van der Waals surface area contributed by atoms with Gasteiger partial charge in [-0.1, -0.05) is 20.8 Å². The van der Waals surface area contributed by atoms with Gasteiger partial charge in [-0.3, -0.25) is 14.7 Å². The van der Waals surface area contributed by atoms with Gasteiger partial charge in [-0.15, -0.1) is 5.48 Å². The summed E-state index contributed by atoms with van der Waals surface area (Å²) in [5, 5.41) is 0. The Balaban J connectivity index is 1.88. The molecule has 3 rings (SSSR count). The lowest BCUT2D eigenvalue weighted by atomic mass is 9.87. The lowest BCUT2D eigenvalue weighted by Gasteiger charge is -2.34. The van der Waals surface area contributed by atoms with Crippen molar-refractivity contribution in [3.05, 3.63) is 0 Å². The van der Waals surface area contributed by atoms with Gasteiger partial charge in [-0.25, -0.2) is 4.99 Å². The second kappa shape index (κ2) is 3.54. The van der Waals surface area contributed by atoms with Crippen LogP contribution >= 0.6 is 0 Å². The molecule has 2 aliphatic heterocycles. The lowest BCUT2D eigenvalue weighted by Crippen LogP contribution is -2.58. The molecule has 0 aromatic carbocycles. The normalized spacial score (nSPS) is 35.4. The van der Waals surface area contributed by atoms with Crippen LogP contribution in [0.5, 0.6) is 0 Å². The third-order valence-corrected chi connectivity index (χ3v) is 3.65. The summed E-state index contributed by atoms with van der Waals surface area (Å²) in [7, 11) is 0. The second-order valence-corrected chi connectivity index (χ2v) is 6.20. The third kappa shape index (κ3) is 1.55. The molecule has 1 N–H and O–H groups in total. The molecular formula is C12H18N4O2. The predicted molar refractivity (Wildman–Crippen MR) is 66.7 cm³/mol. The number of rotatable bonds is 2. The highest BCUT2D eigenvalue weighted by Gasteiger charge is 2.56. The second-order valence-electron chi connectivity index (χ2n) is 6.20. The molecule has 6 nitrogen and oxygen atoms in total. The van der Waals surface area contributed by atoms with Crippen molar-refractivity contribution in [1.29, 1.82) is 0 Å². The fourth-order valence-corrected chi connectivity index (χ4v) is 2.46. The molecule has 1 fully saturated rings. The topological polar surface area (TPSA) is 66.3 Å². The first-order valence-corrected chi connectivity index (χ1v) is 6.28. The quantitative estimate of drug-likeness (QED) is 0.791. The van der Waals surface area contributed by atoms with Gasteiger partial charge in [0.1, 0.15) is 6.04 Å². The number of hydroxylamine groups is 1. The maximum Gasteiger partial charge on any atom is 0.256 e. The van der Waals surface area contributed by atoms with Gasteiger partial charge in [-0.05, 0) is 18.3 Å². The summed E-state index contributed by atoms with van der Waals surface area (Å²) < 4.78 is 0. The van der Waals surface area contributed by atoms with Gasteiger partial charge in [0.15, 0.2) is 6.40 Å². The molecule has 2 heterocycles. The Morgan fingerprint density at radius 3 is 2.67 bits per heavy atom. The van der Waals surface area contributed by atoms with Gasteiger partial charge in [0.05, 0.1) is 6.34 Å². The monoisotopic (exact) mass is 250 g/mol. The molecule has 2 atom stereocenters. The highest BCUT2D eigenvalue weighted by molar-refractivity contribution is 5.98. The van der Waals surface area contributed by atoms with E-state index in [4.69, 9.17) is 4.84 Å². The van der Waals surface area contributed by atoms with Gasteiger partial charge in [0.25, 0.3) is 5.91 Å². The number of amides is 1. The van der Waals surface area contributed by atoms with Crippen LogP contribution in [0, 0.1) is 11.3 Å². The highest BCUT2D eigenvalue weighted by atomic mass is 16.7. The zero-order valence-electron chi connectivity index (χ0n) is 10.9. The molecule has 18 heavy (non-hydrogen) atoms. The van der Waals surface area contributed by atoms with Crippen molar-refractivity contribution in [1.82, 2.24) is 10.4 Å². The van der Waals surface area contributed by atoms with Crippen LogP contribution in [0.15, 0.2) is 9.98 Å². The number of carbonyl (C=O) groups excluding carboxylic acids is 1. The van der Waals surface area contributed by atoms with Crippen LogP contribution < -0.4 is 5.48 Å². The van der Waals surface area contributed by atoms with E-state index in [0.29, 0.717) is 5.92 Å². The Bertz CT molecular complexity index is 436. The van der Waals surface area contributed by atoms with E-state index in [1.807, 2.05) is 20.8 Å². The summed E-state index contributed by atoms with van der Waals surface area (Å²) >= 11 is 0. The van der Waals surface area contributed by atoms with Crippen LogP contribution in [0.2, 0.25) is 0 Å². The Morgan fingerprint density at radius 1 is 1.50 bits per heavy atom. The Hall–Kier alpha value is -1.43. The van der Waals surface area contributed by atoms with Crippen molar-refractivity contribution in [2.24, 2.45) is 21.3 Å². The Morgan fingerprint density at radius 2 is 2.22 bits per heavy atom. The third-order valence-electron chi connectivity index (χ3n) is 3.65. The summed E-state index contributed by atoms with van der Waals surface area (Å²) in [4.78, 5) is 27.8. The minimum Gasteiger partial charge on any atom is -0.393 e. The van der Waals surface area contributed by atoms with Crippen LogP contribution in [-0.2, 0) is 9.63 Å². The van der Waals surface area contributed by atoms with Crippen LogP contribution in [0.25, 0.3) is 0 Å². The molecule has 1 amide bonds. The first-order valence-electron chi connectivity index (χ1n) is 6.28. The average Bonchev–Trinajstić information content (AvgIpc) is 2.88. The van der Waals surface area contributed by atoms with Gasteiger partial charge >= 0.3 is 0 Å². The van der Waals surface area contributed by atoms with E-state index >= 15 is 0 Å². The number of hydrogen-bond donors (Lipinski definition) is 1. The predicted octanol–water partition coefficient (Wildman–Crippen LogP) is 0.899. The SMILES string of the molecule is CC(C)(C)C1N=CN(C2(C3CC3)N=CON2)C1=O. The van der Waals surface area contributed by atoms with Crippen LogP contribution in [0.1, 0.15) is 33.6 Å². The molecular weight excluding hydrogens is 232 g/mol. The van der Waals surface area contributed by atoms with E-state index in [2.05, 4.69) is 15.5 Å². The lowest BCUT2D eigenvalue weighted by molar-refractivity contribution is -0.137. The van der Waals surface area contributed by atoms with Gasteiger partial charge in [0, 0.05) is 5.92 Å². The van der Waals surface area contributed by atoms with Crippen molar-refractivity contribution in [3.63, 3.8) is 0 Å². The standard InChI is InChI=1S/C12H18N4O2/c1-11(2,3)9-10(17)16(6-13-9)12(8-4-5-8)14-7-18-15-12/h6-9,15H,4-5H2,1-3H3. The summed E-state index contributed by atoms with van der Waals surface area (Å²) in [6.45, 7) is 6.05. The molecule has 0 aromatic rings. The first-order chi connectivity index (χ1) is 8.45. The Kier molecular flexibility index (Phi) is 2.29. The molecule has 0 aromatic heterocycles. The van der Waals surface area contributed by atoms with Crippen LogP contribution in [-0.4, -0.2) is 35.4 Å². The summed E-state index contributed by atoms with van der Waals surface area (Å²) in [5.74, 6) is -0.462. The van der Waals surface area contributed by atoms with Crippen molar-refractivity contribution >= 4 is 18.6 Å². The highest BCUT2D eigenvalue weighted by Crippen LogP contribution is 2.45. The molecule has 0 bridgehead atoms. The fourth-order valence-electron chi connectivity index (χ4n) is 2.46. The number of aliphatic imine (C=N–C) groups is 2. The molecule has 2 unspecified atom stereocenters. The molecule has 1 saturated carbocycles. The number of hydrogen-bond acceptors (Lipinski definition) is 5. The minimum atomic E-state index is -0.763. The van der Waals surface area contributed by atoms with Crippen molar-refractivity contribution in [2.75, 3.05) is 0 Å². The molecule has 1 aliphatic carbocycles. The van der Waals surface area contributed by atoms with E-state index in [-0.39, 0.29) is 17.4 Å². The summed E-state index contributed by atoms with van der Waals surface area (Å²) in [5.41, 5.74) is 2.68. The van der Waals surface area contributed by atoms with E-state index in [1.165, 1.54) is 6.40 Å². The van der Waals surface area contributed by atoms with Crippen LogP contribution in [0.4, 0.5) is 0 Å². The molecule has 0 radical (unpaired) electrons. The number of carbonyl (C=O) groups is 1. The number of nitrogens with zero attached hydrogens (tertiary/aromatic N) is 3.